The van der Waals surface area contributed by atoms with Gasteiger partial charge in [0.2, 0.25) is 0 Å². The van der Waals surface area contributed by atoms with Gasteiger partial charge in [0.1, 0.15) is 0 Å². The summed E-state index contributed by atoms with van der Waals surface area (Å²) in [6.07, 6.45) is 0. The van der Waals surface area contributed by atoms with Gasteiger partial charge >= 0.3 is 5.97 Å². The predicted molar refractivity (Wildman–Crippen MR) is 116 cm³/mol. The smallest absolute Gasteiger partial charge is 0.337 e. The van der Waals surface area contributed by atoms with Crippen LogP contribution in [0.1, 0.15) is 26.3 Å². The number of hydrogen-bond acceptors (Lipinski definition) is 6. The van der Waals surface area contributed by atoms with E-state index in [0.29, 0.717) is 0 Å². The lowest BCUT2D eigenvalue weighted by atomic mass is 10.1. The first-order chi connectivity index (χ1) is 15.1. The fraction of sp³-hybridized carbons (Fsp3) is 0.0476. The molecule has 0 aliphatic heterocycles. The minimum Gasteiger partial charge on any atom is -0.478 e. The van der Waals surface area contributed by atoms with Crippen LogP contribution in [0.2, 0.25) is 0 Å². The molecule has 0 spiro atoms. The van der Waals surface area contributed by atoms with Crippen molar-refractivity contribution in [1.82, 2.24) is 0 Å². The summed E-state index contributed by atoms with van der Waals surface area (Å²) in [4.78, 5) is 34.6. The van der Waals surface area contributed by atoms with Crippen LogP contribution in [0.15, 0.2) is 71.6 Å². The molecule has 3 rings (SSSR count). The molecule has 10 nitrogen and oxygen atoms in total. The number of aryl methyl sites for hydroxylation is 1. The van der Waals surface area contributed by atoms with Crippen molar-refractivity contribution in [2.24, 2.45) is 0 Å². The average molecular weight is 455 g/mol. The summed E-state index contributed by atoms with van der Waals surface area (Å²) < 4.78 is 27.8. The number of carbonyl (C=O) groups is 2. The Morgan fingerprint density at radius 3 is 2.22 bits per heavy atom. The van der Waals surface area contributed by atoms with Crippen LogP contribution in [0, 0.1) is 17.0 Å². The lowest BCUT2D eigenvalue weighted by molar-refractivity contribution is -0.384. The number of nitro benzene ring substituents is 1. The third-order valence-electron chi connectivity index (χ3n) is 4.44. The van der Waals surface area contributed by atoms with Crippen LogP contribution in [-0.4, -0.2) is 30.3 Å². The summed E-state index contributed by atoms with van der Waals surface area (Å²) in [5.41, 5.74) is -0.359. The zero-order chi connectivity index (χ0) is 23.5. The monoisotopic (exact) mass is 455 g/mol. The highest BCUT2D eigenvalue weighted by atomic mass is 32.2. The van der Waals surface area contributed by atoms with Crippen molar-refractivity contribution in [1.29, 1.82) is 0 Å². The maximum Gasteiger partial charge on any atom is 0.337 e. The van der Waals surface area contributed by atoms with E-state index in [1.807, 2.05) is 0 Å². The van der Waals surface area contributed by atoms with Crippen LogP contribution in [0.25, 0.3) is 0 Å². The molecule has 3 aromatic carbocycles. The molecule has 0 radical (unpaired) electrons. The van der Waals surface area contributed by atoms with Crippen LogP contribution in [-0.2, 0) is 10.0 Å². The summed E-state index contributed by atoms with van der Waals surface area (Å²) in [5, 5.41) is 22.9. The molecular formula is C21H17N3O7S. The van der Waals surface area contributed by atoms with Crippen molar-refractivity contribution < 1.29 is 28.0 Å². The molecule has 11 heteroatoms. The number of nitrogens with zero attached hydrogens (tertiary/aromatic N) is 1. The third kappa shape index (κ3) is 4.90. The van der Waals surface area contributed by atoms with Gasteiger partial charge in [-0.1, -0.05) is 29.8 Å². The molecule has 0 saturated heterocycles. The number of amides is 1. The molecule has 164 valence electrons. The second kappa shape index (κ2) is 8.86. The fourth-order valence-corrected chi connectivity index (χ4v) is 3.89. The zero-order valence-corrected chi connectivity index (χ0v) is 17.4. The van der Waals surface area contributed by atoms with Gasteiger partial charge in [0.15, 0.2) is 0 Å². The number of hydrogen-bond donors (Lipinski definition) is 3. The van der Waals surface area contributed by atoms with Crippen LogP contribution in [0.3, 0.4) is 0 Å². The van der Waals surface area contributed by atoms with E-state index < -0.39 is 32.5 Å². The summed E-state index contributed by atoms with van der Waals surface area (Å²) in [7, 11) is -4.17. The first-order valence-corrected chi connectivity index (χ1v) is 10.6. The highest BCUT2D eigenvalue weighted by Gasteiger charge is 2.22. The van der Waals surface area contributed by atoms with Crippen molar-refractivity contribution >= 4 is 39.0 Å². The lowest BCUT2D eigenvalue weighted by Crippen LogP contribution is -2.20. The number of rotatable bonds is 7. The Bertz CT molecular complexity index is 1320. The molecule has 3 aromatic rings. The third-order valence-corrected chi connectivity index (χ3v) is 5.82. The number of benzene rings is 3. The Morgan fingerprint density at radius 1 is 0.938 bits per heavy atom. The molecule has 0 aliphatic rings. The van der Waals surface area contributed by atoms with E-state index >= 15 is 0 Å². The van der Waals surface area contributed by atoms with Crippen molar-refractivity contribution in [3.8, 4) is 0 Å². The maximum absolute atomic E-state index is 12.8. The standard InChI is InChI=1S/C21H17N3O7S/c1-13-6-9-15(10-7-13)32(30,31)23-19-12-14(24(28)29)8-11-16(19)20(25)22-18-5-3-2-4-17(18)21(26)27/h2-12,23H,1H3,(H,22,25)(H,26,27). The van der Waals surface area contributed by atoms with E-state index in [4.69, 9.17) is 0 Å². The molecule has 0 unspecified atom stereocenters. The first-order valence-electron chi connectivity index (χ1n) is 9.10. The Kier molecular flexibility index (Phi) is 6.21. The number of nitrogens with one attached hydrogen (secondary N) is 2. The molecule has 32 heavy (non-hydrogen) atoms. The molecule has 0 heterocycles. The van der Waals surface area contributed by atoms with E-state index in [1.165, 1.54) is 36.4 Å². The van der Waals surface area contributed by atoms with Gasteiger partial charge in [-0.05, 0) is 37.3 Å². The number of anilines is 2. The number of nitro groups is 1. The number of non-ortho nitro benzene ring substituents is 1. The van der Waals surface area contributed by atoms with Crippen LogP contribution < -0.4 is 10.0 Å². The van der Waals surface area contributed by atoms with Gasteiger partial charge in [0.05, 0.1) is 32.3 Å². The fourth-order valence-electron chi connectivity index (χ4n) is 2.82. The van der Waals surface area contributed by atoms with Crippen LogP contribution >= 0.6 is 0 Å². The molecular weight excluding hydrogens is 438 g/mol. The quantitative estimate of drug-likeness (QED) is 0.362. The number of sulfonamides is 1. The molecule has 0 aromatic heterocycles. The molecule has 0 aliphatic carbocycles. The highest BCUT2D eigenvalue weighted by Crippen LogP contribution is 2.27. The van der Waals surface area contributed by atoms with E-state index in [2.05, 4.69) is 10.0 Å². The second-order valence-electron chi connectivity index (χ2n) is 6.71. The first kappa shape index (κ1) is 22.4. The van der Waals surface area contributed by atoms with Gasteiger partial charge in [0.25, 0.3) is 21.6 Å². The van der Waals surface area contributed by atoms with Gasteiger partial charge in [0, 0.05) is 12.1 Å². The highest BCUT2D eigenvalue weighted by molar-refractivity contribution is 7.92. The largest absolute Gasteiger partial charge is 0.478 e. The van der Waals surface area contributed by atoms with Gasteiger partial charge in [-0.3, -0.25) is 19.6 Å². The summed E-state index contributed by atoms with van der Waals surface area (Å²) in [5.74, 6) is -2.12. The second-order valence-corrected chi connectivity index (χ2v) is 8.39. The normalized spacial score (nSPS) is 10.9. The summed E-state index contributed by atoms with van der Waals surface area (Å²) in [6.45, 7) is 1.78. The summed E-state index contributed by atoms with van der Waals surface area (Å²) >= 11 is 0. The Morgan fingerprint density at radius 2 is 1.59 bits per heavy atom. The minimum absolute atomic E-state index is 0.0179. The van der Waals surface area contributed by atoms with Gasteiger partial charge < -0.3 is 10.4 Å². The van der Waals surface area contributed by atoms with Gasteiger partial charge in [-0.25, -0.2) is 13.2 Å². The Balaban J connectivity index is 2.02. The molecule has 0 atom stereocenters. The van der Waals surface area contributed by atoms with Gasteiger partial charge in [-0.2, -0.15) is 0 Å². The summed E-state index contributed by atoms with van der Waals surface area (Å²) in [6, 6.07) is 14.6. The number of carboxylic acids is 1. The number of para-hydroxylation sites is 1. The number of aromatic carboxylic acids is 1. The molecule has 0 saturated carbocycles. The Labute approximate surface area is 182 Å². The topological polar surface area (TPSA) is 156 Å². The Hall–Kier alpha value is -4.25. The number of carbonyl (C=O) groups excluding carboxylic acids is 1. The van der Waals surface area contributed by atoms with Crippen LogP contribution in [0.4, 0.5) is 17.1 Å². The van der Waals surface area contributed by atoms with Crippen LogP contribution in [0.5, 0.6) is 0 Å². The van der Waals surface area contributed by atoms with E-state index in [0.717, 1.165) is 23.8 Å². The van der Waals surface area contributed by atoms with Crippen molar-refractivity contribution in [2.75, 3.05) is 10.0 Å². The zero-order valence-electron chi connectivity index (χ0n) is 16.6. The van der Waals surface area contributed by atoms with Crippen molar-refractivity contribution in [2.45, 2.75) is 11.8 Å². The van der Waals surface area contributed by atoms with E-state index in [-0.39, 0.29) is 27.4 Å². The predicted octanol–water partition coefficient (Wildman–Crippen LogP) is 3.65. The molecule has 3 N–H and O–H groups in total. The van der Waals surface area contributed by atoms with Crippen molar-refractivity contribution in [3.05, 3.63) is 93.5 Å². The molecule has 0 bridgehead atoms. The molecule has 0 fully saturated rings. The average Bonchev–Trinajstić information content (AvgIpc) is 2.73. The SMILES string of the molecule is Cc1ccc(S(=O)(=O)Nc2cc([N+](=O)[O-])ccc2C(=O)Nc2ccccc2C(=O)O)cc1. The maximum atomic E-state index is 12.8. The number of carboxylic acid groups (broad SMARTS) is 1. The lowest BCUT2D eigenvalue weighted by Gasteiger charge is -2.14. The van der Waals surface area contributed by atoms with Crippen molar-refractivity contribution in [3.63, 3.8) is 0 Å². The van der Waals surface area contributed by atoms with Gasteiger partial charge in [-0.15, -0.1) is 0 Å². The van der Waals surface area contributed by atoms with E-state index in [9.17, 15) is 33.2 Å². The molecule has 1 amide bonds. The minimum atomic E-state index is -4.17. The van der Waals surface area contributed by atoms with E-state index in [1.54, 1.807) is 19.1 Å².